The van der Waals surface area contributed by atoms with Crippen molar-refractivity contribution in [3.63, 3.8) is 0 Å². The molecule has 0 amide bonds. The van der Waals surface area contributed by atoms with Crippen LogP contribution >= 0.6 is 0 Å². The lowest BCUT2D eigenvalue weighted by Gasteiger charge is -2.42. The summed E-state index contributed by atoms with van der Waals surface area (Å²) in [6, 6.07) is 0. The molecule has 0 aromatic heterocycles. The summed E-state index contributed by atoms with van der Waals surface area (Å²) >= 11 is 0. The number of hydrogen-bond acceptors (Lipinski definition) is 9. The molecule has 1 aliphatic heterocycles. The number of ether oxygens (including phenoxy) is 4. The van der Waals surface area contributed by atoms with E-state index in [2.05, 4.69) is 0 Å². The van der Waals surface area contributed by atoms with Gasteiger partial charge in [0.05, 0.1) is 24.4 Å². The minimum atomic E-state index is -1.48. The van der Waals surface area contributed by atoms with E-state index in [0.29, 0.717) is 0 Å². The molecule has 0 aromatic carbocycles. The van der Waals surface area contributed by atoms with Gasteiger partial charge in [-0.3, -0.25) is 14.4 Å². The first kappa shape index (κ1) is 23.3. The van der Waals surface area contributed by atoms with Crippen molar-refractivity contribution in [1.82, 2.24) is 0 Å². The third-order valence-corrected chi connectivity index (χ3v) is 3.95. The second kappa shape index (κ2) is 10.0. The highest BCUT2D eigenvalue weighted by molar-refractivity contribution is 5.73. The van der Waals surface area contributed by atoms with E-state index in [1.54, 1.807) is 41.5 Å². The van der Waals surface area contributed by atoms with Crippen LogP contribution in [0, 0.1) is 17.8 Å². The Bertz CT molecular complexity index is 529. The molecule has 0 aliphatic carbocycles. The first-order valence-corrected chi connectivity index (χ1v) is 9.05. The van der Waals surface area contributed by atoms with Crippen molar-refractivity contribution in [3.05, 3.63) is 0 Å². The van der Waals surface area contributed by atoms with Gasteiger partial charge in [-0.05, 0) is 0 Å². The van der Waals surface area contributed by atoms with Gasteiger partial charge in [0.25, 0.3) is 0 Å². The predicted octanol–water partition coefficient (Wildman–Crippen LogP) is 0.399. The number of aliphatic hydroxyl groups excluding tert-OH is 2. The van der Waals surface area contributed by atoms with Crippen LogP contribution in [0.3, 0.4) is 0 Å². The zero-order valence-corrected chi connectivity index (χ0v) is 16.6. The number of hydrogen-bond donors (Lipinski definition) is 2. The van der Waals surface area contributed by atoms with Gasteiger partial charge >= 0.3 is 17.9 Å². The standard InChI is InChI=1S/C18H30O9/c1-8(2)15(21)25-13-12(20)11(7-19)24-18(27-17(23)10(5)6)14(13)26-16(22)9(3)4/h8-14,18-20H,7H2,1-6H3/t11-,12-,13+,14-,18+/m1/s1. The smallest absolute Gasteiger partial charge is 0.310 e. The van der Waals surface area contributed by atoms with Crippen LogP contribution in [0.2, 0.25) is 0 Å². The Hall–Kier alpha value is -1.71. The first-order chi connectivity index (χ1) is 12.5. The summed E-state index contributed by atoms with van der Waals surface area (Å²) in [5, 5.41) is 19.9. The maximum absolute atomic E-state index is 12.1. The first-order valence-electron chi connectivity index (χ1n) is 9.05. The fraction of sp³-hybridized carbons (Fsp3) is 0.833. The van der Waals surface area contributed by atoms with Crippen LogP contribution in [-0.2, 0) is 33.3 Å². The van der Waals surface area contributed by atoms with Crippen LogP contribution in [-0.4, -0.2) is 65.4 Å². The molecule has 1 fully saturated rings. The quantitative estimate of drug-likeness (QED) is 0.469. The highest BCUT2D eigenvalue weighted by atomic mass is 16.7. The van der Waals surface area contributed by atoms with Gasteiger partial charge in [-0.15, -0.1) is 0 Å². The van der Waals surface area contributed by atoms with Crippen molar-refractivity contribution < 1.29 is 43.5 Å². The normalized spacial score (nSPS) is 28.3. The molecule has 2 N–H and O–H groups in total. The van der Waals surface area contributed by atoms with E-state index in [1.165, 1.54) is 0 Å². The molecule has 5 atom stereocenters. The van der Waals surface area contributed by atoms with Gasteiger partial charge in [-0.25, -0.2) is 0 Å². The molecular formula is C18H30O9. The Kier molecular flexibility index (Phi) is 8.64. The predicted molar refractivity (Wildman–Crippen MR) is 92.1 cm³/mol. The summed E-state index contributed by atoms with van der Waals surface area (Å²) in [5.41, 5.74) is 0. The summed E-state index contributed by atoms with van der Waals surface area (Å²) in [5.74, 6) is -3.43. The Morgan fingerprint density at radius 3 is 1.63 bits per heavy atom. The number of aliphatic hydroxyl groups is 2. The topological polar surface area (TPSA) is 129 Å². The average Bonchev–Trinajstić information content (AvgIpc) is 2.59. The maximum atomic E-state index is 12.1. The van der Waals surface area contributed by atoms with Crippen LogP contribution in [0.15, 0.2) is 0 Å². The van der Waals surface area contributed by atoms with Gasteiger partial charge in [0.1, 0.15) is 12.2 Å². The lowest BCUT2D eigenvalue weighted by atomic mass is 9.98. The highest BCUT2D eigenvalue weighted by Gasteiger charge is 2.51. The van der Waals surface area contributed by atoms with Gasteiger partial charge in [0, 0.05) is 0 Å². The lowest BCUT2D eigenvalue weighted by Crippen LogP contribution is -2.62. The summed E-state index contributed by atoms with van der Waals surface area (Å²) in [6.07, 6.45) is -6.83. The number of esters is 3. The zero-order valence-electron chi connectivity index (χ0n) is 16.6. The summed E-state index contributed by atoms with van der Waals surface area (Å²) in [6.45, 7) is 9.00. The summed E-state index contributed by atoms with van der Waals surface area (Å²) < 4.78 is 21.3. The molecule has 9 nitrogen and oxygen atoms in total. The van der Waals surface area contributed by atoms with E-state index in [9.17, 15) is 24.6 Å². The molecule has 0 aromatic rings. The molecule has 1 rings (SSSR count). The largest absolute Gasteiger partial charge is 0.455 e. The van der Waals surface area contributed by atoms with Crippen LogP contribution < -0.4 is 0 Å². The van der Waals surface area contributed by atoms with E-state index in [-0.39, 0.29) is 0 Å². The molecule has 27 heavy (non-hydrogen) atoms. The SMILES string of the molecule is CC(C)C(=O)O[C@@H]1O[C@H](CO)[C@@H](O)[C@H](OC(=O)C(C)C)[C@H]1OC(=O)C(C)C. The van der Waals surface area contributed by atoms with Gasteiger partial charge < -0.3 is 29.2 Å². The van der Waals surface area contributed by atoms with E-state index < -0.39 is 73.0 Å². The van der Waals surface area contributed by atoms with Crippen molar-refractivity contribution in [2.75, 3.05) is 6.61 Å². The van der Waals surface area contributed by atoms with Crippen LogP contribution in [0.4, 0.5) is 0 Å². The maximum Gasteiger partial charge on any atom is 0.310 e. The van der Waals surface area contributed by atoms with Crippen LogP contribution in [0.5, 0.6) is 0 Å². The van der Waals surface area contributed by atoms with Crippen molar-refractivity contribution in [3.8, 4) is 0 Å². The molecule has 9 heteroatoms. The molecule has 1 aliphatic rings. The Morgan fingerprint density at radius 1 is 0.815 bits per heavy atom. The molecule has 0 unspecified atom stereocenters. The average molecular weight is 390 g/mol. The second-order valence-corrected chi connectivity index (χ2v) is 7.42. The molecule has 1 saturated heterocycles. The van der Waals surface area contributed by atoms with E-state index in [1.807, 2.05) is 0 Å². The number of carbonyl (C=O) groups is 3. The highest BCUT2D eigenvalue weighted by Crippen LogP contribution is 2.28. The van der Waals surface area contributed by atoms with Crippen molar-refractivity contribution in [2.45, 2.75) is 72.2 Å². The molecule has 1 heterocycles. The molecule has 0 bridgehead atoms. The van der Waals surface area contributed by atoms with E-state index >= 15 is 0 Å². The van der Waals surface area contributed by atoms with Gasteiger partial charge in [-0.1, -0.05) is 41.5 Å². The fourth-order valence-electron chi connectivity index (χ4n) is 2.19. The molecule has 0 saturated carbocycles. The second-order valence-electron chi connectivity index (χ2n) is 7.42. The lowest BCUT2D eigenvalue weighted by molar-refractivity contribution is -0.300. The monoisotopic (exact) mass is 390 g/mol. The summed E-state index contributed by atoms with van der Waals surface area (Å²) in [4.78, 5) is 36.2. The number of carbonyl (C=O) groups excluding carboxylic acids is 3. The molecule has 0 spiro atoms. The van der Waals surface area contributed by atoms with Gasteiger partial charge in [0.2, 0.25) is 12.4 Å². The minimum Gasteiger partial charge on any atom is -0.455 e. The third-order valence-electron chi connectivity index (χ3n) is 3.95. The van der Waals surface area contributed by atoms with Crippen LogP contribution in [0.1, 0.15) is 41.5 Å². The Labute approximate surface area is 158 Å². The third kappa shape index (κ3) is 6.15. The zero-order chi connectivity index (χ0) is 20.9. The number of rotatable bonds is 7. The molecular weight excluding hydrogens is 360 g/mol. The summed E-state index contributed by atoms with van der Waals surface area (Å²) in [7, 11) is 0. The Morgan fingerprint density at radius 2 is 1.22 bits per heavy atom. The van der Waals surface area contributed by atoms with Crippen molar-refractivity contribution in [1.29, 1.82) is 0 Å². The van der Waals surface area contributed by atoms with Crippen molar-refractivity contribution >= 4 is 17.9 Å². The molecule has 156 valence electrons. The van der Waals surface area contributed by atoms with Crippen molar-refractivity contribution in [2.24, 2.45) is 17.8 Å². The molecule has 0 radical (unpaired) electrons. The van der Waals surface area contributed by atoms with Gasteiger partial charge in [0.15, 0.2) is 6.10 Å². The van der Waals surface area contributed by atoms with Crippen LogP contribution in [0.25, 0.3) is 0 Å². The Balaban J connectivity index is 3.20. The van der Waals surface area contributed by atoms with E-state index in [0.717, 1.165) is 0 Å². The minimum absolute atomic E-state index is 0.494. The fourth-order valence-corrected chi connectivity index (χ4v) is 2.19. The van der Waals surface area contributed by atoms with Gasteiger partial charge in [-0.2, -0.15) is 0 Å². The van der Waals surface area contributed by atoms with E-state index in [4.69, 9.17) is 18.9 Å².